The number of halogens is 1. The number of rotatable bonds is 1. The molecule has 1 aromatic carbocycles. The molecule has 0 amide bonds. The number of carboxylic acid groups (broad SMARTS) is 1. The molecule has 1 aliphatic rings. The lowest BCUT2D eigenvalue weighted by Crippen LogP contribution is -2.46. The fourth-order valence-electron chi connectivity index (χ4n) is 1.57. The summed E-state index contributed by atoms with van der Waals surface area (Å²) in [6.07, 6.45) is 0. The van der Waals surface area contributed by atoms with Crippen LogP contribution in [0.5, 0.6) is 0 Å². The third kappa shape index (κ3) is 0.990. The van der Waals surface area contributed by atoms with Crippen molar-refractivity contribution in [2.45, 2.75) is 5.79 Å². The Balaban J connectivity index is 2.59. The highest BCUT2D eigenvalue weighted by Crippen LogP contribution is 2.37. The van der Waals surface area contributed by atoms with Crippen molar-refractivity contribution in [1.82, 2.24) is 5.43 Å². The predicted octanol–water partition coefficient (Wildman–Crippen LogP) is 0.848. The zero-order valence-corrected chi connectivity index (χ0v) is 7.49. The molecule has 14 heavy (non-hydrogen) atoms. The third-order valence-corrected chi connectivity index (χ3v) is 2.25. The maximum absolute atomic E-state index is 13.9. The van der Waals surface area contributed by atoms with Gasteiger partial charge in [-0.05, 0) is 6.07 Å². The molecule has 2 rings (SSSR count). The molecule has 0 aromatic heterocycles. The van der Waals surface area contributed by atoms with Gasteiger partial charge in [-0.2, -0.15) is 5.43 Å². The number of fused-ring (bicyclic) bond motifs is 1. The number of para-hydroxylation sites is 1. The van der Waals surface area contributed by atoms with E-state index >= 15 is 0 Å². The third-order valence-electron chi connectivity index (χ3n) is 2.25. The summed E-state index contributed by atoms with van der Waals surface area (Å²) in [6, 6.07) is 6.45. The second kappa shape index (κ2) is 2.68. The first-order valence-corrected chi connectivity index (χ1v) is 4.09. The largest absolute Gasteiger partial charge is 0.478 e. The van der Waals surface area contributed by atoms with E-state index in [1.165, 1.54) is 11.1 Å². The smallest absolute Gasteiger partial charge is 0.363 e. The van der Waals surface area contributed by atoms with Gasteiger partial charge in [0.15, 0.2) is 0 Å². The number of aliphatic carboxylic acids is 1. The summed E-state index contributed by atoms with van der Waals surface area (Å²) in [5, 5.41) is 10.1. The molecule has 2 N–H and O–H groups in total. The van der Waals surface area contributed by atoms with Gasteiger partial charge in [0.25, 0.3) is 0 Å². The molecule has 0 aliphatic carbocycles. The average molecular weight is 196 g/mol. The molecule has 0 saturated heterocycles. The van der Waals surface area contributed by atoms with Gasteiger partial charge in [-0.3, -0.25) is 0 Å². The van der Waals surface area contributed by atoms with Crippen LogP contribution in [0.25, 0.3) is 0 Å². The highest BCUT2D eigenvalue weighted by atomic mass is 19.1. The highest BCUT2D eigenvalue weighted by molar-refractivity contribution is 5.84. The van der Waals surface area contributed by atoms with Gasteiger partial charge in [0.2, 0.25) is 0 Å². The normalized spacial score (nSPS) is 24.9. The number of carbonyl (C=O) groups is 1. The summed E-state index contributed by atoms with van der Waals surface area (Å²) < 4.78 is 13.9. The first-order chi connectivity index (χ1) is 6.55. The average Bonchev–Trinajstić information content (AvgIpc) is 2.42. The van der Waals surface area contributed by atoms with Crippen molar-refractivity contribution in [3.8, 4) is 0 Å². The molecular weight excluding hydrogens is 187 g/mol. The molecule has 0 radical (unpaired) electrons. The zero-order valence-electron chi connectivity index (χ0n) is 7.49. The van der Waals surface area contributed by atoms with E-state index in [-0.39, 0.29) is 5.56 Å². The molecule has 0 bridgehead atoms. The minimum atomic E-state index is -2.51. The first kappa shape index (κ1) is 8.96. The monoisotopic (exact) mass is 196 g/mol. The summed E-state index contributed by atoms with van der Waals surface area (Å²) in [7, 11) is 1.57. The quantitative estimate of drug-likeness (QED) is 0.654. The van der Waals surface area contributed by atoms with Crippen LogP contribution in [0, 0.1) is 0 Å². The van der Waals surface area contributed by atoms with Crippen LogP contribution in [-0.4, -0.2) is 18.1 Å². The maximum atomic E-state index is 13.9. The lowest BCUT2D eigenvalue weighted by molar-refractivity contribution is -0.153. The van der Waals surface area contributed by atoms with Crippen molar-refractivity contribution in [2.24, 2.45) is 0 Å². The van der Waals surface area contributed by atoms with Crippen LogP contribution in [-0.2, 0) is 10.6 Å². The van der Waals surface area contributed by atoms with E-state index in [0.717, 1.165) is 0 Å². The van der Waals surface area contributed by atoms with E-state index < -0.39 is 11.8 Å². The summed E-state index contributed by atoms with van der Waals surface area (Å²) >= 11 is 0. The van der Waals surface area contributed by atoms with E-state index in [1.807, 2.05) is 0 Å². The Morgan fingerprint density at radius 2 is 2.21 bits per heavy atom. The fourth-order valence-corrected chi connectivity index (χ4v) is 1.57. The van der Waals surface area contributed by atoms with E-state index in [2.05, 4.69) is 5.43 Å². The summed E-state index contributed by atoms with van der Waals surface area (Å²) in [4.78, 5) is 10.8. The molecule has 5 heteroatoms. The van der Waals surface area contributed by atoms with Crippen LogP contribution >= 0.6 is 0 Å². The van der Waals surface area contributed by atoms with E-state index in [1.54, 1.807) is 25.2 Å². The molecule has 1 atom stereocenters. The van der Waals surface area contributed by atoms with Gasteiger partial charge >= 0.3 is 11.8 Å². The Morgan fingerprint density at radius 1 is 1.57 bits per heavy atom. The number of hydrogen-bond donors (Lipinski definition) is 2. The highest BCUT2D eigenvalue weighted by Gasteiger charge is 2.48. The molecule has 0 spiro atoms. The lowest BCUT2D eigenvalue weighted by atomic mass is 10.1. The van der Waals surface area contributed by atoms with Crippen LogP contribution in [0.4, 0.5) is 10.1 Å². The van der Waals surface area contributed by atoms with Crippen molar-refractivity contribution in [1.29, 1.82) is 0 Å². The van der Waals surface area contributed by atoms with Gasteiger partial charge < -0.3 is 10.1 Å². The number of carboxylic acids is 1. The number of hydrogen-bond acceptors (Lipinski definition) is 3. The maximum Gasteiger partial charge on any atom is 0.363 e. The Labute approximate surface area is 79.9 Å². The Bertz CT molecular complexity index is 396. The van der Waals surface area contributed by atoms with Gasteiger partial charge in [-0.15, -0.1) is 0 Å². The van der Waals surface area contributed by atoms with Gasteiger partial charge in [0, 0.05) is 12.6 Å². The molecule has 74 valence electrons. The van der Waals surface area contributed by atoms with Crippen molar-refractivity contribution >= 4 is 11.7 Å². The second-order valence-electron chi connectivity index (χ2n) is 3.15. The second-order valence-corrected chi connectivity index (χ2v) is 3.15. The lowest BCUT2D eigenvalue weighted by Gasteiger charge is -2.17. The van der Waals surface area contributed by atoms with Crippen LogP contribution in [0.1, 0.15) is 5.56 Å². The molecule has 0 saturated carbocycles. The van der Waals surface area contributed by atoms with Crippen LogP contribution in [0.15, 0.2) is 24.3 Å². The van der Waals surface area contributed by atoms with E-state index in [4.69, 9.17) is 5.11 Å². The molecule has 1 aliphatic heterocycles. The van der Waals surface area contributed by atoms with Crippen molar-refractivity contribution < 1.29 is 14.3 Å². The fraction of sp³-hybridized carbons (Fsp3) is 0.222. The molecule has 1 unspecified atom stereocenters. The van der Waals surface area contributed by atoms with Crippen LogP contribution in [0.3, 0.4) is 0 Å². The number of nitrogens with zero attached hydrogens (tertiary/aromatic N) is 1. The molecule has 1 aromatic rings. The Hall–Kier alpha value is -1.62. The number of nitrogens with one attached hydrogen (secondary N) is 1. The number of alkyl halides is 1. The number of benzene rings is 1. The van der Waals surface area contributed by atoms with Crippen molar-refractivity contribution in [2.75, 3.05) is 12.1 Å². The van der Waals surface area contributed by atoms with Crippen LogP contribution < -0.4 is 10.4 Å². The van der Waals surface area contributed by atoms with E-state index in [0.29, 0.717) is 5.69 Å². The number of hydrazine groups is 1. The molecule has 1 heterocycles. The van der Waals surface area contributed by atoms with E-state index in [9.17, 15) is 9.18 Å². The summed E-state index contributed by atoms with van der Waals surface area (Å²) in [6.45, 7) is 0. The van der Waals surface area contributed by atoms with Gasteiger partial charge in [-0.25, -0.2) is 9.18 Å². The first-order valence-electron chi connectivity index (χ1n) is 4.09. The van der Waals surface area contributed by atoms with Gasteiger partial charge in [0.1, 0.15) is 0 Å². The SMILES string of the molecule is CN1NC(F)(C(=O)O)c2ccccc21. The predicted molar refractivity (Wildman–Crippen MR) is 48.4 cm³/mol. The van der Waals surface area contributed by atoms with Crippen LogP contribution in [0.2, 0.25) is 0 Å². The van der Waals surface area contributed by atoms with Crippen molar-refractivity contribution in [3.05, 3.63) is 29.8 Å². The summed E-state index contributed by atoms with van der Waals surface area (Å²) in [5.74, 6) is -4.04. The Kier molecular flexibility index (Phi) is 1.72. The minimum absolute atomic E-state index is 0.134. The molecular formula is C9H9FN2O2. The molecule has 4 nitrogen and oxygen atoms in total. The standard InChI is InChI=1S/C9H9FN2O2/c1-12-7-5-3-2-4-6(7)9(10,11-12)8(13)14/h2-5,11H,1H3,(H,13,14). The minimum Gasteiger partial charge on any atom is -0.478 e. The van der Waals surface area contributed by atoms with Crippen molar-refractivity contribution in [3.63, 3.8) is 0 Å². The Morgan fingerprint density at radius 3 is 2.86 bits per heavy atom. The topological polar surface area (TPSA) is 52.6 Å². The van der Waals surface area contributed by atoms with Gasteiger partial charge in [-0.1, -0.05) is 18.2 Å². The molecule has 0 fully saturated rings. The van der Waals surface area contributed by atoms with Gasteiger partial charge in [0.05, 0.1) is 5.69 Å². The zero-order chi connectivity index (χ0) is 10.3. The number of anilines is 1. The summed E-state index contributed by atoms with van der Waals surface area (Å²) in [5.41, 5.74) is 2.94.